The molecule has 0 saturated heterocycles. The van der Waals surface area contributed by atoms with E-state index in [1.54, 1.807) is 19.2 Å². The van der Waals surface area contributed by atoms with Gasteiger partial charge in [-0.2, -0.15) is 0 Å². The van der Waals surface area contributed by atoms with Crippen LogP contribution in [0.4, 0.5) is 0 Å². The summed E-state index contributed by atoms with van der Waals surface area (Å²) in [5, 5.41) is 16.7. The first-order valence-electron chi connectivity index (χ1n) is 8.61. The molecule has 6 nitrogen and oxygen atoms in total. The minimum absolute atomic E-state index is 0. The van der Waals surface area contributed by atoms with Gasteiger partial charge >= 0.3 is 0 Å². The molecule has 26 heavy (non-hydrogen) atoms. The van der Waals surface area contributed by atoms with Crippen molar-refractivity contribution in [3.63, 3.8) is 0 Å². The van der Waals surface area contributed by atoms with E-state index < -0.39 is 0 Å². The molecule has 7 heteroatoms. The molecule has 1 aromatic rings. The van der Waals surface area contributed by atoms with E-state index in [0.717, 1.165) is 24.4 Å². The van der Waals surface area contributed by atoms with E-state index in [0.29, 0.717) is 29.5 Å². The zero-order valence-corrected chi connectivity index (χ0v) is 19.3. The Bertz CT molecular complexity index is 561. The molecule has 0 aliphatic heterocycles. The largest absolute Gasteiger partial charge is 0.502 e. The number of benzene rings is 1. The van der Waals surface area contributed by atoms with Gasteiger partial charge in [-0.05, 0) is 42.9 Å². The van der Waals surface area contributed by atoms with E-state index in [2.05, 4.69) is 43.3 Å². The fourth-order valence-corrected chi connectivity index (χ4v) is 2.39. The molecule has 150 valence electrons. The highest BCUT2D eigenvalue weighted by Crippen LogP contribution is 2.37. The lowest BCUT2D eigenvalue weighted by Crippen LogP contribution is -2.42. The molecule has 1 atom stereocenters. The molecule has 0 heterocycles. The van der Waals surface area contributed by atoms with Crippen molar-refractivity contribution >= 4 is 29.9 Å². The summed E-state index contributed by atoms with van der Waals surface area (Å²) in [6.45, 7) is 9.44. The van der Waals surface area contributed by atoms with Crippen LogP contribution in [0.5, 0.6) is 17.2 Å². The van der Waals surface area contributed by atoms with Crippen molar-refractivity contribution in [2.75, 3.05) is 21.3 Å². The maximum Gasteiger partial charge on any atom is 0.200 e. The van der Waals surface area contributed by atoms with Gasteiger partial charge in [-0.15, -0.1) is 24.0 Å². The second-order valence-electron chi connectivity index (χ2n) is 7.42. The number of hydrogen-bond donors (Lipinski definition) is 3. The van der Waals surface area contributed by atoms with E-state index in [-0.39, 0.29) is 29.7 Å². The Labute approximate surface area is 174 Å². The number of phenolic OH excluding ortho intramolecular Hbond substituents is 1. The maximum atomic E-state index is 9.97. The van der Waals surface area contributed by atoms with Gasteiger partial charge in [-0.1, -0.05) is 20.8 Å². The van der Waals surface area contributed by atoms with Gasteiger partial charge in [0.1, 0.15) is 0 Å². The summed E-state index contributed by atoms with van der Waals surface area (Å²) < 4.78 is 10.4. The number of nitrogens with zero attached hydrogens (tertiary/aromatic N) is 1. The molecule has 1 aromatic carbocycles. The average molecular weight is 479 g/mol. The minimum Gasteiger partial charge on any atom is -0.502 e. The Kier molecular flexibility index (Phi) is 10.8. The predicted molar refractivity (Wildman–Crippen MR) is 118 cm³/mol. The Morgan fingerprint density at radius 2 is 1.73 bits per heavy atom. The molecule has 0 aromatic heterocycles. The van der Waals surface area contributed by atoms with Gasteiger partial charge < -0.3 is 25.2 Å². The lowest BCUT2D eigenvalue weighted by Gasteiger charge is -2.23. The highest BCUT2D eigenvalue weighted by molar-refractivity contribution is 14.0. The second kappa shape index (κ2) is 11.4. The van der Waals surface area contributed by atoms with Crippen molar-refractivity contribution in [3.05, 3.63) is 17.7 Å². The lowest BCUT2D eigenvalue weighted by molar-refractivity contribution is 0.339. The number of phenols is 1. The van der Waals surface area contributed by atoms with E-state index in [4.69, 9.17) is 9.47 Å². The fraction of sp³-hybridized carbons (Fsp3) is 0.632. The molecule has 0 aliphatic rings. The average Bonchev–Trinajstić information content (AvgIpc) is 2.56. The van der Waals surface area contributed by atoms with Gasteiger partial charge in [0.05, 0.1) is 14.2 Å². The van der Waals surface area contributed by atoms with Crippen LogP contribution in [0.3, 0.4) is 0 Å². The molecule has 0 spiro atoms. The highest BCUT2D eigenvalue weighted by Gasteiger charge is 2.14. The van der Waals surface area contributed by atoms with Crippen LogP contribution in [0.25, 0.3) is 0 Å². The number of rotatable bonds is 7. The molecule has 0 aliphatic carbocycles. The summed E-state index contributed by atoms with van der Waals surface area (Å²) in [5.41, 5.74) is 1.25. The Morgan fingerprint density at radius 1 is 1.19 bits per heavy atom. The molecule has 1 rings (SSSR count). The standard InChI is InChI=1S/C19H33N3O3.HI/c1-13(8-9-19(2,3)4)22-18(20-5)21-12-14-10-15(24-6)17(23)16(11-14)25-7;/h10-11,13,23H,8-9,12H2,1-7H3,(H2,20,21,22);1H. The first-order valence-corrected chi connectivity index (χ1v) is 8.61. The maximum absolute atomic E-state index is 9.97. The number of nitrogens with one attached hydrogen (secondary N) is 2. The SMILES string of the molecule is CN=C(NCc1cc(OC)c(O)c(OC)c1)NC(C)CCC(C)(C)C.I. The fourth-order valence-electron chi connectivity index (χ4n) is 2.39. The summed E-state index contributed by atoms with van der Waals surface area (Å²) in [5.74, 6) is 1.52. The zero-order chi connectivity index (χ0) is 19.0. The summed E-state index contributed by atoms with van der Waals surface area (Å²) in [7, 11) is 4.79. The van der Waals surface area contributed by atoms with Crippen molar-refractivity contribution < 1.29 is 14.6 Å². The topological polar surface area (TPSA) is 75.1 Å². The molecular formula is C19H34IN3O3. The normalized spacial score (nSPS) is 12.8. The van der Waals surface area contributed by atoms with Gasteiger partial charge in [0.2, 0.25) is 5.75 Å². The Morgan fingerprint density at radius 3 is 2.15 bits per heavy atom. The molecule has 0 fully saturated rings. The van der Waals surface area contributed by atoms with Crippen LogP contribution >= 0.6 is 24.0 Å². The van der Waals surface area contributed by atoms with E-state index >= 15 is 0 Å². The van der Waals surface area contributed by atoms with Crippen LogP contribution in [0.15, 0.2) is 17.1 Å². The number of ether oxygens (including phenoxy) is 2. The number of hydrogen-bond acceptors (Lipinski definition) is 4. The van der Waals surface area contributed by atoms with E-state index in [9.17, 15) is 5.11 Å². The Hall–Kier alpha value is -1.38. The van der Waals surface area contributed by atoms with Gasteiger partial charge in [-0.3, -0.25) is 4.99 Å². The van der Waals surface area contributed by atoms with Gasteiger partial charge in [0.25, 0.3) is 0 Å². The molecule has 0 amide bonds. The summed E-state index contributed by atoms with van der Waals surface area (Å²) in [6, 6.07) is 3.89. The van der Waals surface area contributed by atoms with Crippen LogP contribution in [0.1, 0.15) is 46.1 Å². The van der Waals surface area contributed by atoms with Crippen LogP contribution in [-0.2, 0) is 6.54 Å². The second-order valence-corrected chi connectivity index (χ2v) is 7.42. The van der Waals surface area contributed by atoms with E-state index in [1.165, 1.54) is 14.2 Å². The first-order chi connectivity index (χ1) is 11.7. The highest BCUT2D eigenvalue weighted by atomic mass is 127. The van der Waals surface area contributed by atoms with Gasteiger partial charge in [-0.25, -0.2) is 0 Å². The summed E-state index contributed by atoms with van der Waals surface area (Å²) in [4.78, 5) is 4.27. The first kappa shape index (κ1) is 24.6. The number of aliphatic imine (C=N–C) groups is 1. The summed E-state index contributed by atoms with van der Waals surface area (Å²) >= 11 is 0. The third-order valence-corrected chi connectivity index (χ3v) is 3.93. The lowest BCUT2D eigenvalue weighted by atomic mass is 9.89. The monoisotopic (exact) mass is 479 g/mol. The molecule has 0 saturated carbocycles. The molecule has 0 bridgehead atoms. The number of halogens is 1. The predicted octanol–water partition coefficient (Wildman–Crippen LogP) is 3.91. The number of methoxy groups -OCH3 is 2. The van der Waals surface area contributed by atoms with Crippen LogP contribution in [0, 0.1) is 5.41 Å². The van der Waals surface area contributed by atoms with Crippen LogP contribution in [0.2, 0.25) is 0 Å². The number of aromatic hydroxyl groups is 1. The van der Waals surface area contributed by atoms with Gasteiger partial charge in [0, 0.05) is 19.6 Å². The van der Waals surface area contributed by atoms with Crippen molar-refractivity contribution in [2.45, 2.75) is 53.1 Å². The smallest absolute Gasteiger partial charge is 0.200 e. The minimum atomic E-state index is 0. The Balaban J connectivity index is 0.00000625. The quantitative estimate of drug-likeness (QED) is 0.314. The van der Waals surface area contributed by atoms with Crippen molar-refractivity contribution in [2.24, 2.45) is 10.4 Å². The van der Waals surface area contributed by atoms with Crippen LogP contribution in [-0.4, -0.2) is 38.4 Å². The third kappa shape index (κ3) is 8.33. The molecule has 1 unspecified atom stereocenters. The van der Waals surface area contributed by atoms with Crippen LogP contribution < -0.4 is 20.1 Å². The number of guanidine groups is 1. The zero-order valence-electron chi connectivity index (χ0n) is 17.0. The van der Waals surface area contributed by atoms with Crippen molar-refractivity contribution in [1.82, 2.24) is 10.6 Å². The third-order valence-electron chi connectivity index (χ3n) is 3.93. The summed E-state index contributed by atoms with van der Waals surface area (Å²) in [6.07, 6.45) is 2.22. The van der Waals surface area contributed by atoms with E-state index in [1.807, 2.05) is 0 Å². The van der Waals surface area contributed by atoms with Crippen molar-refractivity contribution in [3.8, 4) is 17.2 Å². The molecule has 3 N–H and O–H groups in total. The van der Waals surface area contributed by atoms with Crippen molar-refractivity contribution in [1.29, 1.82) is 0 Å². The van der Waals surface area contributed by atoms with Gasteiger partial charge in [0.15, 0.2) is 17.5 Å². The molecular weight excluding hydrogens is 445 g/mol. The molecule has 0 radical (unpaired) electrons.